The van der Waals surface area contributed by atoms with E-state index in [9.17, 15) is 4.79 Å². The summed E-state index contributed by atoms with van der Waals surface area (Å²) in [5.41, 5.74) is 4.18. The summed E-state index contributed by atoms with van der Waals surface area (Å²) >= 11 is 0. The number of ketones is 1. The monoisotopic (exact) mass is 241 g/mol. The first-order valence-corrected chi connectivity index (χ1v) is 7.26. The number of piperidine rings is 1. The van der Waals surface area contributed by atoms with Crippen molar-refractivity contribution in [2.75, 3.05) is 6.54 Å². The van der Waals surface area contributed by atoms with E-state index < -0.39 is 0 Å². The molecule has 94 valence electrons. The molecule has 0 spiro atoms. The Balaban J connectivity index is 1.76. The van der Waals surface area contributed by atoms with Crippen LogP contribution < -0.4 is 0 Å². The zero-order chi connectivity index (χ0) is 12.1. The molecule has 2 heteroatoms. The van der Waals surface area contributed by atoms with Crippen LogP contribution in [0.3, 0.4) is 0 Å². The van der Waals surface area contributed by atoms with E-state index in [-0.39, 0.29) is 5.78 Å². The summed E-state index contributed by atoms with van der Waals surface area (Å²) in [5.74, 6) is 1.10. The maximum Gasteiger partial charge on any atom is 0.178 e. The summed E-state index contributed by atoms with van der Waals surface area (Å²) < 4.78 is 0. The maximum absolute atomic E-state index is 11.5. The summed E-state index contributed by atoms with van der Waals surface area (Å²) in [6, 6.07) is 0.800. The van der Waals surface area contributed by atoms with Gasteiger partial charge in [-0.2, -0.15) is 0 Å². The zero-order valence-electron chi connectivity index (χ0n) is 10.7. The second kappa shape index (κ2) is 3.84. The first kappa shape index (κ1) is 10.6. The molecule has 1 saturated heterocycles. The minimum absolute atomic E-state index is 0.164. The van der Waals surface area contributed by atoms with E-state index in [0.717, 1.165) is 24.9 Å². The van der Waals surface area contributed by atoms with E-state index in [4.69, 9.17) is 0 Å². The van der Waals surface area contributed by atoms with Crippen LogP contribution in [-0.2, 0) is 4.79 Å². The average Bonchev–Trinajstić information content (AvgIpc) is 2.86. The number of carbonyl (C=O) groups excluding carboxylic acids is 1. The molecular weight excluding hydrogens is 222 g/mol. The van der Waals surface area contributed by atoms with Crippen molar-refractivity contribution in [2.24, 2.45) is 5.92 Å². The van der Waals surface area contributed by atoms with Crippen LogP contribution in [0.15, 0.2) is 35.1 Å². The Morgan fingerprint density at radius 1 is 1.11 bits per heavy atom. The van der Waals surface area contributed by atoms with Crippen molar-refractivity contribution in [3.05, 3.63) is 35.1 Å². The first-order valence-electron chi connectivity index (χ1n) is 7.26. The molecule has 4 rings (SSSR count). The molecule has 0 radical (unpaired) electrons. The second-order valence-corrected chi connectivity index (χ2v) is 6.01. The summed E-state index contributed by atoms with van der Waals surface area (Å²) in [4.78, 5) is 14.1. The van der Waals surface area contributed by atoms with Crippen LogP contribution in [0, 0.1) is 5.92 Å². The van der Waals surface area contributed by atoms with E-state index in [1.54, 1.807) is 6.08 Å². The molecule has 2 nitrogen and oxygen atoms in total. The number of carbonyl (C=O) groups is 1. The lowest BCUT2D eigenvalue weighted by atomic mass is 9.82. The Bertz CT molecular complexity index is 497. The van der Waals surface area contributed by atoms with Gasteiger partial charge in [0, 0.05) is 18.3 Å². The lowest BCUT2D eigenvalue weighted by Crippen LogP contribution is -2.44. The van der Waals surface area contributed by atoms with Gasteiger partial charge in [-0.05, 0) is 67.4 Å². The van der Waals surface area contributed by atoms with Crippen LogP contribution in [0.1, 0.15) is 38.5 Å². The fourth-order valence-corrected chi connectivity index (χ4v) is 4.32. The summed E-state index contributed by atoms with van der Waals surface area (Å²) in [6.45, 7) is 1.13. The molecule has 4 aliphatic rings. The van der Waals surface area contributed by atoms with Gasteiger partial charge in [0.2, 0.25) is 0 Å². The SMILES string of the molecule is O=C1C=CC2=C3CC[C@@H]4CCC[C@H]4N3CCC2=C1. The molecule has 0 bridgehead atoms. The van der Waals surface area contributed by atoms with Gasteiger partial charge in [-0.15, -0.1) is 0 Å². The van der Waals surface area contributed by atoms with Crippen LogP contribution >= 0.6 is 0 Å². The maximum atomic E-state index is 11.5. The van der Waals surface area contributed by atoms with E-state index >= 15 is 0 Å². The van der Waals surface area contributed by atoms with Crippen LogP contribution in [0.25, 0.3) is 0 Å². The summed E-state index contributed by atoms with van der Waals surface area (Å²) in [5, 5.41) is 0. The van der Waals surface area contributed by atoms with Crippen molar-refractivity contribution in [3.63, 3.8) is 0 Å². The van der Waals surface area contributed by atoms with Gasteiger partial charge in [-0.1, -0.05) is 6.42 Å². The van der Waals surface area contributed by atoms with E-state index in [2.05, 4.69) is 11.0 Å². The fourth-order valence-electron chi connectivity index (χ4n) is 4.32. The first-order chi connectivity index (χ1) is 8.83. The predicted octanol–water partition coefficient (Wildman–Crippen LogP) is 2.97. The van der Waals surface area contributed by atoms with Gasteiger partial charge in [0.25, 0.3) is 0 Å². The number of hydrogen-bond acceptors (Lipinski definition) is 2. The minimum Gasteiger partial charge on any atom is -0.371 e. The van der Waals surface area contributed by atoms with Crippen molar-refractivity contribution in [3.8, 4) is 0 Å². The molecule has 1 saturated carbocycles. The molecular formula is C16H19NO. The predicted molar refractivity (Wildman–Crippen MR) is 70.9 cm³/mol. The Hall–Kier alpha value is -1.31. The summed E-state index contributed by atoms with van der Waals surface area (Å²) in [6.07, 6.45) is 13.5. The van der Waals surface area contributed by atoms with Gasteiger partial charge in [-0.25, -0.2) is 0 Å². The number of hydrogen-bond donors (Lipinski definition) is 0. The number of nitrogens with zero attached hydrogens (tertiary/aromatic N) is 1. The quantitative estimate of drug-likeness (QED) is 0.650. The van der Waals surface area contributed by atoms with Crippen molar-refractivity contribution >= 4 is 5.78 Å². The van der Waals surface area contributed by atoms with Gasteiger partial charge in [0.1, 0.15) is 0 Å². The minimum atomic E-state index is 0.164. The standard InChI is InChI=1S/C16H19NO/c18-13-5-6-14-12(10-13)8-9-17-15-3-1-2-11(15)4-7-16(14)17/h5-6,10-11,15H,1-4,7-9H2/t11-,15+/m0/s1. The third-order valence-corrected chi connectivity index (χ3v) is 5.13. The van der Waals surface area contributed by atoms with Crippen molar-refractivity contribution in [1.29, 1.82) is 0 Å². The topological polar surface area (TPSA) is 20.3 Å². The van der Waals surface area contributed by atoms with Crippen molar-refractivity contribution < 1.29 is 4.79 Å². The lowest BCUT2D eigenvalue weighted by Gasteiger charge is -2.45. The highest BCUT2D eigenvalue weighted by atomic mass is 16.1. The largest absolute Gasteiger partial charge is 0.371 e. The highest BCUT2D eigenvalue weighted by molar-refractivity contribution is 6.02. The van der Waals surface area contributed by atoms with Gasteiger partial charge in [0.05, 0.1) is 0 Å². The second-order valence-electron chi connectivity index (χ2n) is 6.01. The van der Waals surface area contributed by atoms with E-state index in [0.29, 0.717) is 0 Å². The molecule has 2 aliphatic heterocycles. The summed E-state index contributed by atoms with van der Waals surface area (Å²) in [7, 11) is 0. The molecule has 2 heterocycles. The van der Waals surface area contributed by atoms with Crippen LogP contribution in [0.2, 0.25) is 0 Å². The Kier molecular flexibility index (Phi) is 2.26. The molecule has 0 aromatic rings. The average molecular weight is 241 g/mol. The lowest BCUT2D eigenvalue weighted by molar-refractivity contribution is -0.110. The molecule has 0 aromatic heterocycles. The fraction of sp³-hybridized carbons (Fsp3) is 0.562. The molecule has 0 aromatic carbocycles. The number of rotatable bonds is 0. The Labute approximate surface area is 108 Å². The smallest absolute Gasteiger partial charge is 0.178 e. The van der Waals surface area contributed by atoms with E-state index in [1.807, 2.05) is 6.08 Å². The molecule has 18 heavy (non-hydrogen) atoms. The molecule has 2 atom stereocenters. The number of allylic oxidation sites excluding steroid dienone is 5. The molecule has 0 unspecified atom stereocenters. The van der Waals surface area contributed by atoms with Gasteiger partial charge in [0.15, 0.2) is 5.78 Å². The zero-order valence-corrected chi connectivity index (χ0v) is 10.7. The molecule has 2 aliphatic carbocycles. The molecule has 0 amide bonds. The molecule has 0 N–H and O–H groups in total. The number of fused-ring (bicyclic) bond motifs is 4. The van der Waals surface area contributed by atoms with E-state index in [1.165, 1.54) is 48.9 Å². The molecule has 2 fully saturated rings. The highest BCUT2D eigenvalue weighted by Gasteiger charge is 2.39. The van der Waals surface area contributed by atoms with Gasteiger partial charge in [-0.3, -0.25) is 4.79 Å². The third-order valence-electron chi connectivity index (χ3n) is 5.13. The third kappa shape index (κ3) is 1.44. The van der Waals surface area contributed by atoms with Crippen LogP contribution in [0.5, 0.6) is 0 Å². The van der Waals surface area contributed by atoms with Crippen molar-refractivity contribution in [1.82, 2.24) is 4.90 Å². The Morgan fingerprint density at radius 3 is 3.00 bits per heavy atom. The van der Waals surface area contributed by atoms with Crippen LogP contribution in [0.4, 0.5) is 0 Å². The normalized spacial score (nSPS) is 34.1. The van der Waals surface area contributed by atoms with Crippen molar-refractivity contribution in [2.45, 2.75) is 44.6 Å². The van der Waals surface area contributed by atoms with Gasteiger partial charge >= 0.3 is 0 Å². The highest BCUT2D eigenvalue weighted by Crippen LogP contribution is 2.45. The van der Waals surface area contributed by atoms with Gasteiger partial charge < -0.3 is 4.90 Å². The van der Waals surface area contributed by atoms with Crippen LogP contribution in [-0.4, -0.2) is 23.3 Å². The Morgan fingerprint density at radius 2 is 2.06 bits per heavy atom.